The molecule has 0 amide bonds. The van der Waals surface area contributed by atoms with Crippen molar-refractivity contribution >= 4 is 11.6 Å². The monoisotopic (exact) mass is 311 g/mol. The van der Waals surface area contributed by atoms with Crippen LogP contribution in [0.1, 0.15) is 23.7 Å². The summed E-state index contributed by atoms with van der Waals surface area (Å²) in [4.78, 5) is 0. The Kier molecular flexibility index (Phi) is 4.85. The van der Waals surface area contributed by atoms with E-state index < -0.39 is 5.82 Å². The molecule has 0 bridgehead atoms. The first-order chi connectivity index (χ1) is 9.88. The summed E-state index contributed by atoms with van der Waals surface area (Å²) in [5.74, 6) is -0.200. The number of halogens is 2. The normalized spacial score (nSPS) is 12.5. The van der Waals surface area contributed by atoms with Crippen LogP contribution in [-0.2, 0) is 20.1 Å². The van der Waals surface area contributed by atoms with Gasteiger partial charge >= 0.3 is 0 Å². The second-order valence-electron chi connectivity index (χ2n) is 5.21. The highest BCUT2D eigenvalue weighted by atomic mass is 35.5. The van der Waals surface area contributed by atoms with Crippen LogP contribution in [0.15, 0.2) is 18.2 Å². The van der Waals surface area contributed by atoms with E-state index >= 15 is 0 Å². The number of nitrogens with two attached hydrogens (primary N) is 1. The largest absolute Gasteiger partial charge is 0.486 e. The lowest BCUT2D eigenvalue weighted by molar-refractivity contribution is 0.289. The topological polar surface area (TPSA) is 53.1 Å². The van der Waals surface area contributed by atoms with E-state index in [4.69, 9.17) is 22.1 Å². The van der Waals surface area contributed by atoms with Crippen LogP contribution < -0.4 is 10.5 Å². The predicted molar refractivity (Wildman–Crippen MR) is 81.0 cm³/mol. The van der Waals surface area contributed by atoms with Gasteiger partial charge in [0, 0.05) is 18.7 Å². The third-order valence-electron chi connectivity index (χ3n) is 3.20. The first-order valence-electron chi connectivity index (χ1n) is 6.73. The number of benzene rings is 1. The molecule has 1 unspecified atom stereocenters. The molecule has 1 aromatic carbocycles. The second kappa shape index (κ2) is 6.45. The van der Waals surface area contributed by atoms with Crippen LogP contribution in [0.2, 0.25) is 5.15 Å². The molecule has 2 N–H and O–H groups in total. The quantitative estimate of drug-likeness (QED) is 0.923. The Bertz CT molecular complexity index is 640. The molecule has 0 saturated heterocycles. The maximum atomic E-state index is 14.0. The third kappa shape index (κ3) is 3.74. The van der Waals surface area contributed by atoms with Crippen molar-refractivity contribution in [3.8, 4) is 5.75 Å². The fourth-order valence-corrected chi connectivity index (χ4v) is 2.38. The van der Waals surface area contributed by atoms with Gasteiger partial charge in [-0.1, -0.05) is 17.7 Å². The summed E-state index contributed by atoms with van der Waals surface area (Å²) in [6.45, 7) is 3.91. The Balaban J connectivity index is 2.10. The van der Waals surface area contributed by atoms with Crippen LogP contribution >= 0.6 is 11.6 Å². The van der Waals surface area contributed by atoms with Crippen molar-refractivity contribution in [2.45, 2.75) is 32.9 Å². The third-order valence-corrected chi connectivity index (χ3v) is 3.67. The SMILES string of the molecule is Cc1nn(C)c(Cl)c1COc1ccc(CC(C)N)cc1F. The minimum absolute atomic E-state index is 0.00647. The Morgan fingerprint density at radius 1 is 1.48 bits per heavy atom. The second-order valence-corrected chi connectivity index (χ2v) is 5.57. The van der Waals surface area contributed by atoms with Gasteiger partial charge in [-0.05, 0) is 38.0 Å². The summed E-state index contributed by atoms with van der Waals surface area (Å²) in [5.41, 5.74) is 8.09. The summed E-state index contributed by atoms with van der Waals surface area (Å²) < 4.78 is 21.1. The highest BCUT2D eigenvalue weighted by Gasteiger charge is 2.13. The van der Waals surface area contributed by atoms with Crippen molar-refractivity contribution in [2.75, 3.05) is 0 Å². The highest BCUT2D eigenvalue weighted by Crippen LogP contribution is 2.24. The van der Waals surface area contributed by atoms with Gasteiger partial charge in [0.1, 0.15) is 11.8 Å². The lowest BCUT2D eigenvalue weighted by Gasteiger charge is -2.10. The first kappa shape index (κ1) is 15.8. The summed E-state index contributed by atoms with van der Waals surface area (Å²) in [5, 5.41) is 4.69. The average molecular weight is 312 g/mol. The van der Waals surface area contributed by atoms with E-state index in [2.05, 4.69) is 5.10 Å². The Hall–Kier alpha value is -1.59. The standard InChI is InChI=1S/C15H19ClFN3O/c1-9(18)6-11-4-5-14(13(17)7-11)21-8-12-10(2)19-20(3)15(12)16/h4-5,7,9H,6,8,18H2,1-3H3. The van der Waals surface area contributed by atoms with E-state index in [9.17, 15) is 4.39 Å². The van der Waals surface area contributed by atoms with Gasteiger partial charge < -0.3 is 10.5 Å². The molecule has 0 aliphatic carbocycles. The van der Waals surface area contributed by atoms with Crippen LogP contribution in [0.5, 0.6) is 5.75 Å². The molecule has 0 saturated carbocycles. The van der Waals surface area contributed by atoms with Gasteiger partial charge in [0.15, 0.2) is 11.6 Å². The zero-order valence-electron chi connectivity index (χ0n) is 12.4. The molecular weight excluding hydrogens is 293 g/mol. The van der Waals surface area contributed by atoms with Crippen LogP contribution in [0, 0.1) is 12.7 Å². The first-order valence-corrected chi connectivity index (χ1v) is 7.11. The molecule has 4 nitrogen and oxygen atoms in total. The van der Waals surface area contributed by atoms with Crippen LogP contribution in [-0.4, -0.2) is 15.8 Å². The molecule has 0 aliphatic rings. The van der Waals surface area contributed by atoms with E-state index in [1.165, 1.54) is 6.07 Å². The Labute approximate surface area is 128 Å². The lowest BCUT2D eigenvalue weighted by Crippen LogP contribution is -2.17. The zero-order chi connectivity index (χ0) is 15.6. The van der Waals surface area contributed by atoms with Gasteiger partial charge in [-0.15, -0.1) is 0 Å². The maximum absolute atomic E-state index is 14.0. The van der Waals surface area contributed by atoms with E-state index in [0.717, 1.165) is 16.8 Å². The van der Waals surface area contributed by atoms with Gasteiger partial charge in [-0.25, -0.2) is 4.39 Å². The molecule has 21 heavy (non-hydrogen) atoms. The molecule has 0 spiro atoms. The minimum Gasteiger partial charge on any atom is -0.486 e. The lowest BCUT2D eigenvalue weighted by atomic mass is 10.1. The van der Waals surface area contributed by atoms with Gasteiger partial charge in [0.2, 0.25) is 0 Å². The van der Waals surface area contributed by atoms with E-state index in [1.807, 2.05) is 19.9 Å². The van der Waals surface area contributed by atoms with Gasteiger partial charge in [-0.3, -0.25) is 4.68 Å². The summed E-state index contributed by atoms with van der Waals surface area (Å²) in [6, 6.07) is 4.88. The molecule has 2 aromatic rings. The number of aryl methyl sites for hydroxylation is 2. The molecule has 1 heterocycles. The van der Waals surface area contributed by atoms with Crippen molar-refractivity contribution in [1.29, 1.82) is 0 Å². The van der Waals surface area contributed by atoms with E-state index in [-0.39, 0.29) is 18.4 Å². The fraction of sp³-hybridized carbons (Fsp3) is 0.400. The van der Waals surface area contributed by atoms with E-state index in [0.29, 0.717) is 11.6 Å². The maximum Gasteiger partial charge on any atom is 0.165 e. The molecule has 0 aliphatic heterocycles. The molecular formula is C15H19ClFN3O. The fourth-order valence-electron chi connectivity index (χ4n) is 2.15. The summed E-state index contributed by atoms with van der Waals surface area (Å²) >= 11 is 6.12. The Morgan fingerprint density at radius 2 is 2.19 bits per heavy atom. The summed E-state index contributed by atoms with van der Waals surface area (Å²) in [6.07, 6.45) is 0.630. The van der Waals surface area contributed by atoms with Gasteiger partial charge in [0.25, 0.3) is 0 Å². The predicted octanol–water partition coefficient (Wildman–Crippen LogP) is 2.99. The number of nitrogens with zero attached hydrogens (tertiary/aromatic N) is 2. The molecule has 0 radical (unpaired) electrons. The molecule has 2 rings (SSSR count). The van der Waals surface area contributed by atoms with Crippen molar-refractivity contribution in [1.82, 2.24) is 9.78 Å². The van der Waals surface area contributed by atoms with Crippen molar-refractivity contribution < 1.29 is 9.13 Å². The van der Waals surface area contributed by atoms with Crippen LogP contribution in [0.3, 0.4) is 0 Å². The molecule has 1 aromatic heterocycles. The van der Waals surface area contributed by atoms with Crippen LogP contribution in [0.25, 0.3) is 0 Å². The summed E-state index contributed by atoms with van der Waals surface area (Å²) in [7, 11) is 1.75. The molecule has 6 heteroatoms. The van der Waals surface area contributed by atoms with Crippen molar-refractivity contribution in [2.24, 2.45) is 12.8 Å². The smallest absolute Gasteiger partial charge is 0.165 e. The zero-order valence-corrected chi connectivity index (χ0v) is 13.1. The van der Waals surface area contributed by atoms with Crippen LogP contribution in [0.4, 0.5) is 4.39 Å². The van der Waals surface area contributed by atoms with Gasteiger partial charge in [-0.2, -0.15) is 5.10 Å². The average Bonchev–Trinajstić information content (AvgIpc) is 2.62. The molecule has 1 atom stereocenters. The highest BCUT2D eigenvalue weighted by molar-refractivity contribution is 6.30. The minimum atomic E-state index is -0.397. The molecule has 114 valence electrons. The number of aromatic nitrogens is 2. The van der Waals surface area contributed by atoms with Crippen molar-refractivity contribution in [3.63, 3.8) is 0 Å². The number of hydrogen-bond donors (Lipinski definition) is 1. The van der Waals surface area contributed by atoms with Crippen molar-refractivity contribution in [3.05, 3.63) is 46.0 Å². The Morgan fingerprint density at radius 3 is 2.71 bits per heavy atom. The number of hydrogen-bond acceptors (Lipinski definition) is 3. The van der Waals surface area contributed by atoms with E-state index in [1.54, 1.807) is 17.8 Å². The van der Waals surface area contributed by atoms with Gasteiger partial charge in [0.05, 0.1) is 5.69 Å². The number of ether oxygens (including phenoxy) is 1. The number of rotatable bonds is 5. The molecule has 0 fully saturated rings.